The molecule has 8 heteroatoms. The van der Waals surface area contributed by atoms with Gasteiger partial charge < -0.3 is 14.6 Å². The second-order valence-corrected chi connectivity index (χ2v) is 10.2. The largest absolute Gasteiger partial charge is 0.496 e. The van der Waals surface area contributed by atoms with Gasteiger partial charge in [-0.05, 0) is 83.6 Å². The van der Waals surface area contributed by atoms with Gasteiger partial charge in [0.1, 0.15) is 18.1 Å². The molecule has 0 aliphatic carbocycles. The minimum Gasteiger partial charge on any atom is -0.496 e. The molecule has 8 nitrogen and oxygen atoms in total. The van der Waals surface area contributed by atoms with E-state index in [0.717, 1.165) is 33.6 Å². The average molecular weight is 562 g/mol. The number of rotatable bonds is 9. The number of nitrogens with zero attached hydrogens (tertiary/aromatic N) is 3. The van der Waals surface area contributed by atoms with Crippen molar-refractivity contribution in [1.82, 2.24) is 9.66 Å². The van der Waals surface area contributed by atoms with E-state index < -0.39 is 5.97 Å². The van der Waals surface area contributed by atoms with E-state index in [9.17, 15) is 9.59 Å². The van der Waals surface area contributed by atoms with Gasteiger partial charge in [0.2, 0.25) is 0 Å². The van der Waals surface area contributed by atoms with Crippen LogP contribution in [0.4, 0.5) is 0 Å². The maximum absolute atomic E-state index is 13.7. The Morgan fingerprint density at radius 3 is 2.50 bits per heavy atom. The Kier molecular flexibility index (Phi) is 8.15. The SMILES string of the molecule is COc1cc(C)c(-c2nc3ccccc3c(=O)n2N=Cc2cccc(OCc3ccc(C(=O)O)cc3)c2)cc1C(C)C. The lowest BCUT2D eigenvalue weighted by atomic mass is 9.96. The molecule has 4 aromatic carbocycles. The number of aromatic carboxylic acids is 1. The summed E-state index contributed by atoms with van der Waals surface area (Å²) in [4.78, 5) is 29.7. The zero-order valence-corrected chi connectivity index (χ0v) is 23.9. The van der Waals surface area contributed by atoms with Crippen molar-refractivity contribution in [2.75, 3.05) is 7.11 Å². The number of carboxylic acid groups (broad SMARTS) is 1. The third kappa shape index (κ3) is 5.93. The third-order valence-electron chi connectivity index (χ3n) is 6.98. The lowest BCUT2D eigenvalue weighted by Gasteiger charge is -2.17. The van der Waals surface area contributed by atoms with Gasteiger partial charge in [0.25, 0.3) is 5.56 Å². The fourth-order valence-electron chi connectivity index (χ4n) is 4.69. The Morgan fingerprint density at radius 1 is 1.02 bits per heavy atom. The summed E-state index contributed by atoms with van der Waals surface area (Å²) in [6.45, 7) is 6.42. The Morgan fingerprint density at radius 2 is 1.79 bits per heavy atom. The number of carbonyl (C=O) groups is 1. The van der Waals surface area contributed by atoms with E-state index in [-0.39, 0.29) is 23.6 Å². The molecule has 0 unspecified atom stereocenters. The van der Waals surface area contributed by atoms with Crippen LogP contribution < -0.4 is 15.0 Å². The smallest absolute Gasteiger partial charge is 0.335 e. The molecule has 0 bridgehead atoms. The molecule has 0 saturated carbocycles. The molecule has 1 aromatic heterocycles. The summed E-state index contributed by atoms with van der Waals surface area (Å²) in [5.74, 6) is 1.06. The third-order valence-corrected chi connectivity index (χ3v) is 6.98. The summed E-state index contributed by atoms with van der Waals surface area (Å²) in [6, 6.07) is 25.1. The summed E-state index contributed by atoms with van der Waals surface area (Å²) in [7, 11) is 1.65. The normalized spacial score (nSPS) is 11.4. The molecule has 0 amide bonds. The molecule has 212 valence electrons. The molecule has 1 N–H and O–H groups in total. The summed E-state index contributed by atoms with van der Waals surface area (Å²) in [6.07, 6.45) is 1.61. The Balaban J connectivity index is 1.51. The molecule has 5 aromatic rings. The van der Waals surface area contributed by atoms with Crippen molar-refractivity contribution in [2.45, 2.75) is 33.3 Å². The molecule has 5 rings (SSSR count). The fourth-order valence-corrected chi connectivity index (χ4v) is 4.69. The Hall–Kier alpha value is -5.24. The molecular weight excluding hydrogens is 530 g/mol. The van der Waals surface area contributed by atoms with Gasteiger partial charge in [0, 0.05) is 5.56 Å². The highest BCUT2D eigenvalue weighted by Gasteiger charge is 2.18. The molecule has 0 aliphatic rings. The zero-order chi connectivity index (χ0) is 29.8. The maximum Gasteiger partial charge on any atom is 0.335 e. The highest BCUT2D eigenvalue weighted by atomic mass is 16.5. The molecular formula is C34H31N3O5. The van der Waals surface area contributed by atoms with Crippen molar-refractivity contribution >= 4 is 23.1 Å². The first kappa shape index (κ1) is 28.3. The Labute approximate surface area is 243 Å². The number of para-hydroxylation sites is 1. The lowest BCUT2D eigenvalue weighted by Crippen LogP contribution is -2.20. The number of carboxylic acids is 1. The van der Waals surface area contributed by atoms with E-state index in [0.29, 0.717) is 22.5 Å². The maximum atomic E-state index is 13.7. The monoisotopic (exact) mass is 561 g/mol. The van der Waals surface area contributed by atoms with E-state index in [1.807, 2.05) is 61.5 Å². The van der Waals surface area contributed by atoms with Crippen LogP contribution in [0.3, 0.4) is 0 Å². The van der Waals surface area contributed by atoms with Crippen LogP contribution in [-0.4, -0.2) is 34.1 Å². The molecule has 0 spiro atoms. The van der Waals surface area contributed by atoms with Crippen LogP contribution in [0.5, 0.6) is 11.5 Å². The number of fused-ring (bicyclic) bond motifs is 1. The van der Waals surface area contributed by atoms with Gasteiger partial charge in [0.15, 0.2) is 5.82 Å². The summed E-state index contributed by atoms with van der Waals surface area (Å²) in [5.41, 5.74) is 4.84. The van der Waals surface area contributed by atoms with Crippen molar-refractivity contribution in [3.8, 4) is 22.9 Å². The fraction of sp³-hybridized carbons (Fsp3) is 0.176. The van der Waals surface area contributed by atoms with E-state index >= 15 is 0 Å². The molecule has 0 fully saturated rings. The molecule has 1 heterocycles. The van der Waals surface area contributed by atoms with Crippen LogP contribution in [0.1, 0.15) is 52.4 Å². The number of aryl methyl sites for hydroxylation is 1. The van der Waals surface area contributed by atoms with Gasteiger partial charge >= 0.3 is 5.97 Å². The van der Waals surface area contributed by atoms with Crippen molar-refractivity contribution in [3.63, 3.8) is 0 Å². The van der Waals surface area contributed by atoms with E-state index in [4.69, 9.17) is 19.6 Å². The van der Waals surface area contributed by atoms with Gasteiger partial charge in [-0.1, -0.05) is 50.2 Å². The molecule has 0 saturated heterocycles. The van der Waals surface area contributed by atoms with Gasteiger partial charge in [-0.15, -0.1) is 0 Å². The highest BCUT2D eigenvalue weighted by molar-refractivity contribution is 5.87. The van der Waals surface area contributed by atoms with Crippen LogP contribution in [0.15, 0.2) is 94.8 Å². The van der Waals surface area contributed by atoms with Crippen molar-refractivity contribution < 1.29 is 19.4 Å². The predicted molar refractivity (Wildman–Crippen MR) is 164 cm³/mol. The number of ether oxygens (including phenoxy) is 2. The molecule has 0 radical (unpaired) electrons. The van der Waals surface area contributed by atoms with Crippen molar-refractivity contribution in [3.05, 3.63) is 123 Å². The van der Waals surface area contributed by atoms with Gasteiger partial charge in [-0.3, -0.25) is 4.79 Å². The second-order valence-electron chi connectivity index (χ2n) is 10.2. The summed E-state index contributed by atoms with van der Waals surface area (Å²) < 4.78 is 12.9. The minimum atomic E-state index is -0.971. The minimum absolute atomic E-state index is 0.196. The van der Waals surface area contributed by atoms with E-state index in [2.05, 4.69) is 18.9 Å². The summed E-state index contributed by atoms with van der Waals surface area (Å²) in [5, 5.41) is 14.2. The quantitative estimate of drug-likeness (QED) is 0.202. The van der Waals surface area contributed by atoms with Gasteiger partial charge in [-0.2, -0.15) is 9.78 Å². The number of hydrogen-bond donors (Lipinski definition) is 1. The highest BCUT2D eigenvalue weighted by Crippen LogP contribution is 2.34. The number of benzene rings is 4. The van der Waals surface area contributed by atoms with Crippen LogP contribution >= 0.6 is 0 Å². The number of methoxy groups -OCH3 is 1. The van der Waals surface area contributed by atoms with Gasteiger partial charge in [-0.25, -0.2) is 9.78 Å². The van der Waals surface area contributed by atoms with Crippen molar-refractivity contribution in [2.24, 2.45) is 5.10 Å². The first-order valence-corrected chi connectivity index (χ1v) is 13.6. The molecule has 0 aliphatic heterocycles. The Bertz CT molecular complexity index is 1860. The second kappa shape index (κ2) is 12.1. The summed E-state index contributed by atoms with van der Waals surface area (Å²) >= 11 is 0. The van der Waals surface area contributed by atoms with Crippen LogP contribution in [0.2, 0.25) is 0 Å². The topological polar surface area (TPSA) is 103 Å². The zero-order valence-electron chi connectivity index (χ0n) is 23.9. The predicted octanol–water partition coefficient (Wildman–Crippen LogP) is 6.66. The first-order valence-electron chi connectivity index (χ1n) is 13.6. The number of hydrogen-bond acceptors (Lipinski definition) is 6. The average Bonchev–Trinajstić information content (AvgIpc) is 2.99. The lowest BCUT2D eigenvalue weighted by molar-refractivity contribution is 0.0697. The standard InChI is InChI=1S/C34H31N3O5/c1-21(2)28-18-29(22(3)16-31(28)41-4)32-36-30-11-6-5-10-27(30)33(38)37(32)35-19-24-8-7-9-26(17-24)42-20-23-12-14-25(15-13-23)34(39)40/h5-19,21H,20H2,1-4H3,(H,39,40). The van der Waals surface area contributed by atoms with Crippen LogP contribution in [0, 0.1) is 6.92 Å². The first-order chi connectivity index (χ1) is 20.2. The number of aromatic nitrogens is 2. The van der Waals surface area contributed by atoms with Crippen molar-refractivity contribution in [1.29, 1.82) is 0 Å². The van der Waals surface area contributed by atoms with Gasteiger partial charge in [0.05, 0.1) is 29.8 Å². The van der Waals surface area contributed by atoms with Crippen LogP contribution in [-0.2, 0) is 6.61 Å². The van der Waals surface area contributed by atoms with E-state index in [1.54, 1.807) is 43.7 Å². The molecule has 0 atom stereocenters. The van der Waals surface area contributed by atoms with Crippen LogP contribution in [0.25, 0.3) is 22.3 Å². The van der Waals surface area contributed by atoms with E-state index in [1.165, 1.54) is 4.68 Å². The molecule has 42 heavy (non-hydrogen) atoms.